The summed E-state index contributed by atoms with van der Waals surface area (Å²) >= 11 is 0. The number of phenolic OH excluding ortho intramolecular Hbond substituents is 1. The lowest BCUT2D eigenvalue weighted by Crippen LogP contribution is -2.36. The third-order valence-corrected chi connectivity index (χ3v) is 6.35. The van der Waals surface area contributed by atoms with Gasteiger partial charge in [-0.2, -0.15) is 0 Å². The molecule has 0 unspecified atom stereocenters. The van der Waals surface area contributed by atoms with Gasteiger partial charge in [-0.05, 0) is 42.0 Å². The molecule has 0 spiro atoms. The summed E-state index contributed by atoms with van der Waals surface area (Å²) < 4.78 is 5.33. The predicted molar refractivity (Wildman–Crippen MR) is 118 cm³/mol. The number of aryl methyl sites for hydroxylation is 1. The maximum Gasteiger partial charge on any atom is 0.308 e. The quantitative estimate of drug-likeness (QED) is 0.588. The summed E-state index contributed by atoms with van der Waals surface area (Å²) in [5.41, 5.74) is 4.54. The highest BCUT2D eigenvalue weighted by Gasteiger charge is 2.25. The molecule has 7 heteroatoms. The SMILES string of the molecule is CC(=O)Oc1cccc2c1CN(C(=O)CCc1ccc3c(c1O)CN(C(C)=O)CC3)CC2. The van der Waals surface area contributed by atoms with Gasteiger partial charge in [0, 0.05) is 57.6 Å². The summed E-state index contributed by atoms with van der Waals surface area (Å²) in [5.74, 6) is 0.315. The maximum absolute atomic E-state index is 12.9. The highest BCUT2D eigenvalue weighted by molar-refractivity contribution is 5.77. The zero-order valence-corrected chi connectivity index (χ0v) is 18.5. The van der Waals surface area contributed by atoms with Crippen LogP contribution in [0.2, 0.25) is 0 Å². The first-order valence-corrected chi connectivity index (χ1v) is 11.0. The van der Waals surface area contributed by atoms with E-state index in [9.17, 15) is 19.5 Å². The summed E-state index contributed by atoms with van der Waals surface area (Å²) in [4.78, 5) is 39.6. The molecule has 168 valence electrons. The lowest BCUT2D eigenvalue weighted by Gasteiger charge is -2.30. The number of carbonyl (C=O) groups excluding carboxylic acids is 3. The van der Waals surface area contributed by atoms with Crippen molar-refractivity contribution in [3.63, 3.8) is 0 Å². The zero-order chi connectivity index (χ0) is 22.8. The number of nitrogens with zero attached hydrogens (tertiary/aromatic N) is 2. The van der Waals surface area contributed by atoms with Crippen LogP contribution < -0.4 is 4.74 Å². The predicted octanol–water partition coefficient (Wildman–Crippen LogP) is 2.74. The molecule has 0 saturated heterocycles. The average Bonchev–Trinajstić information content (AvgIpc) is 2.78. The number of phenols is 1. The van der Waals surface area contributed by atoms with Crippen LogP contribution in [0.3, 0.4) is 0 Å². The molecule has 2 aromatic carbocycles. The summed E-state index contributed by atoms with van der Waals surface area (Å²) in [7, 11) is 0. The largest absolute Gasteiger partial charge is 0.507 e. The van der Waals surface area contributed by atoms with Crippen molar-refractivity contribution in [1.82, 2.24) is 9.80 Å². The van der Waals surface area contributed by atoms with Crippen LogP contribution in [0, 0.1) is 0 Å². The molecule has 0 bridgehead atoms. The average molecular weight is 437 g/mol. The number of aromatic hydroxyl groups is 1. The van der Waals surface area contributed by atoms with Crippen LogP contribution in [0.1, 0.15) is 48.1 Å². The van der Waals surface area contributed by atoms with E-state index in [2.05, 4.69) is 0 Å². The fourth-order valence-electron chi connectivity index (χ4n) is 4.55. The Hall–Kier alpha value is -3.35. The first-order chi connectivity index (χ1) is 15.3. The molecule has 0 radical (unpaired) electrons. The molecule has 2 heterocycles. The van der Waals surface area contributed by atoms with Gasteiger partial charge in [0.15, 0.2) is 0 Å². The standard InChI is InChI=1S/C25H28N2O5/c1-16(28)26-12-10-19-6-7-20(25(31)22(19)15-26)8-9-24(30)27-13-11-18-4-3-5-23(21(18)14-27)32-17(2)29/h3-7,31H,8-15H2,1-2H3. The van der Waals surface area contributed by atoms with Crippen molar-refractivity contribution in [3.8, 4) is 11.5 Å². The fourth-order valence-corrected chi connectivity index (χ4v) is 4.55. The van der Waals surface area contributed by atoms with E-state index in [1.54, 1.807) is 15.9 Å². The van der Waals surface area contributed by atoms with E-state index in [-0.39, 0.29) is 30.0 Å². The molecule has 7 nitrogen and oxygen atoms in total. The Morgan fingerprint density at radius 1 is 0.938 bits per heavy atom. The number of ether oxygens (including phenoxy) is 1. The third kappa shape index (κ3) is 4.47. The number of benzene rings is 2. The Morgan fingerprint density at radius 3 is 2.34 bits per heavy atom. The van der Waals surface area contributed by atoms with Crippen LogP contribution in [-0.2, 0) is 46.7 Å². The smallest absolute Gasteiger partial charge is 0.308 e. The van der Waals surface area contributed by atoms with Crippen molar-refractivity contribution >= 4 is 17.8 Å². The molecule has 32 heavy (non-hydrogen) atoms. The van der Waals surface area contributed by atoms with Gasteiger partial charge in [0.2, 0.25) is 11.8 Å². The molecule has 0 aromatic heterocycles. The van der Waals surface area contributed by atoms with Gasteiger partial charge in [-0.15, -0.1) is 0 Å². The molecule has 2 aliphatic heterocycles. The number of rotatable bonds is 4. The maximum atomic E-state index is 12.9. The Labute approximate surface area is 187 Å². The highest BCUT2D eigenvalue weighted by atomic mass is 16.5. The molecule has 0 atom stereocenters. The number of hydrogen-bond acceptors (Lipinski definition) is 5. The van der Waals surface area contributed by atoms with Crippen LogP contribution in [0.15, 0.2) is 30.3 Å². The van der Waals surface area contributed by atoms with Gasteiger partial charge in [-0.3, -0.25) is 14.4 Å². The number of carbonyl (C=O) groups is 3. The van der Waals surface area contributed by atoms with Gasteiger partial charge in [-0.1, -0.05) is 24.3 Å². The molecule has 2 aromatic rings. The van der Waals surface area contributed by atoms with Crippen LogP contribution in [0.25, 0.3) is 0 Å². The van der Waals surface area contributed by atoms with Gasteiger partial charge in [0.1, 0.15) is 11.5 Å². The second-order valence-corrected chi connectivity index (χ2v) is 8.45. The fraction of sp³-hybridized carbons (Fsp3) is 0.400. The summed E-state index contributed by atoms with van der Waals surface area (Å²) in [6.07, 6.45) is 2.13. The van der Waals surface area contributed by atoms with Crippen molar-refractivity contribution in [1.29, 1.82) is 0 Å². The van der Waals surface area contributed by atoms with E-state index < -0.39 is 0 Å². The molecule has 2 aliphatic rings. The molecule has 4 rings (SSSR count). The Bertz CT molecular complexity index is 1080. The molecular formula is C25H28N2O5. The highest BCUT2D eigenvalue weighted by Crippen LogP contribution is 2.32. The summed E-state index contributed by atoms with van der Waals surface area (Å²) in [6.45, 7) is 4.98. The number of amides is 2. The van der Waals surface area contributed by atoms with Crippen LogP contribution >= 0.6 is 0 Å². The molecule has 0 aliphatic carbocycles. The molecular weight excluding hydrogens is 408 g/mol. The van der Waals surface area contributed by atoms with Gasteiger partial charge >= 0.3 is 5.97 Å². The lowest BCUT2D eigenvalue weighted by molar-refractivity contribution is -0.132. The zero-order valence-electron chi connectivity index (χ0n) is 18.5. The van der Waals surface area contributed by atoms with Gasteiger partial charge < -0.3 is 19.6 Å². The topological polar surface area (TPSA) is 87.2 Å². The monoisotopic (exact) mass is 436 g/mol. The van der Waals surface area contributed by atoms with Crippen LogP contribution in [-0.4, -0.2) is 45.8 Å². The molecule has 0 saturated carbocycles. The normalized spacial score (nSPS) is 15.1. The second-order valence-electron chi connectivity index (χ2n) is 8.45. The Morgan fingerprint density at radius 2 is 1.62 bits per heavy atom. The number of hydrogen-bond donors (Lipinski definition) is 1. The number of fused-ring (bicyclic) bond motifs is 2. The number of esters is 1. The van der Waals surface area contributed by atoms with Crippen molar-refractivity contribution in [2.45, 2.75) is 52.6 Å². The van der Waals surface area contributed by atoms with E-state index in [0.717, 1.165) is 34.2 Å². The van der Waals surface area contributed by atoms with Gasteiger partial charge in [-0.25, -0.2) is 0 Å². The van der Waals surface area contributed by atoms with E-state index in [0.29, 0.717) is 44.8 Å². The molecule has 1 N–H and O–H groups in total. The summed E-state index contributed by atoms with van der Waals surface area (Å²) in [6, 6.07) is 9.49. The minimum Gasteiger partial charge on any atom is -0.507 e. The minimum atomic E-state index is -0.381. The van der Waals surface area contributed by atoms with Crippen LogP contribution in [0.5, 0.6) is 11.5 Å². The van der Waals surface area contributed by atoms with Gasteiger partial charge in [0.25, 0.3) is 0 Å². The van der Waals surface area contributed by atoms with Crippen molar-refractivity contribution in [2.24, 2.45) is 0 Å². The van der Waals surface area contributed by atoms with Crippen LogP contribution in [0.4, 0.5) is 0 Å². The Kier molecular flexibility index (Phi) is 6.17. The third-order valence-electron chi connectivity index (χ3n) is 6.35. The van der Waals surface area contributed by atoms with E-state index >= 15 is 0 Å². The van der Waals surface area contributed by atoms with Gasteiger partial charge in [0.05, 0.1) is 0 Å². The first kappa shape index (κ1) is 21.9. The van der Waals surface area contributed by atoms with Crippen molar-refractivity contribution in [3.05, 3.63) is 58.1 Å². The van der Waals surface area contributed by atoms with E-state index in [4.69, 9.17) is 4.74 Å². The molecule has 0 fully saturated rings. The summed E-state index contributed by atoms with van der Waals surface area (Å²) in [5, 5.41) is 10.8. The van der Waals surface area contributed by atoms with Crippen molar-refractivity contribution < 1.29 is 24.2 Å². The van der Waals surface area contributed by atoms with E-state index in [1.165, 1.54) is 13.8 Å². The van der Waals surface area contributed by atoms with E-state index in [1.807, 2.05) is 24.3 Å². The van der Waals surface area contributed by atoms with Crippen molar-refractivity contribution in [2.75, 3.05) is 13.1 Å². The Balaban J connectivity index is 1.44. The minimum absolute atomic E-state index is 0.00392. The molecule has 2 amide bonds. The lowest BCUT2D eigenvalue weighted by atomic mass is 9.94. The first-order valence-electron chi connectivity index (χ1n) is 11.0. The second kappa shape index (κ2) is 9.02.